The highest BCUT2D eigenvalue weighted by Gasteiger charge is 2.19. The monoisotopic (exact) mass is 416 g/mol. The lowest BCUT2D eigenvalue weighted by Crippen LogP contribution is -2.23. The molecule has 11 heteroatoms. The lowest BCUT2D eigenvalue weighted by atomic mass is 10.3. The van der Waals surface area contributed by atoms with Crippen molar-refractivity contribution in [2.75, 3.05) is 7.11 Å². The van der Waals surface area contributed by atoms with E-state index >= 15 is 0 Å². The lowest BCUT2D eigenvalue weighted by molar-refractivity contribution is -0.141. The van der Waals surface area contributed by atoms with Gasteiger partial charge in [0.15, 0.2) is 5.82 Å². The molecule has 1 heterocycles. The fraction of sp³-hybridized carbons (Fsp3) is 0.125. The van der Waals surface area contributed by atoms with Crippen LogP contribution in [0.2, 0.25) is 0 Å². The molecule has 0 N–H and O–H groups in total. The number of esters is 1. The van der Waals surface area contributed by atoms with Crippen LogP contribution in [0.5, 0.6) is 0 Å². The Morgan fingerprint density at radius 3 is 2.44 bits per heavy atom. The molecule has 0 bridgehead atoms. The van der Waals surface area contributed by atoms with Crippen LogP contribution in [0.1, 0.15) is 0 Å². The van der Waals surface area contributed by atoms with Crippen molar-refractivity contribution < 1.29 is 31.1 Å². The lowest BCUT2D eigenvalue weighted by Gasteiger charge is -2.05. The Morgan fingerprint density at radius 1 is 1.15 bits per heavy atom. The van der Waals surface area contributed by atoms with Gasteiger partial charge in [-0.05, 0) is 30.3 Å². The van der Waals surface area contributed by atoms with Gasteiger partial charge < -0.3 is 9.30 Å². The van der Waals surface area contributed by atoms with Gasteiger partial charge >= 0.3 is 5.97 Å². The van der Waals surface area contributed by atoms with Gasteiger partial charge in [-0.1, -0.05) is 11.3 Å². The summed E-state index contributed by atoms with van der Waals surface area (Å²) in [5.74, 6) is -3.25. The number of ether oxygens (including phenoxy) is 1. The quantitative estimate of drug-likeness (QED) is 0.613. The molecule has 142 valence electrons. The number of methoxy groups -OCH3 is 1. The Labute approximate surface area is 155 Å². The minimum absolute atomic E-state index is 0.0597. The fourth-order valence-corrected chi connectivity index (χ4v) is 4.57. The van der Waals surface area contributed by atoms with Crippen LogP contribution in [0.15, 0.2) is 45.7 Å². The summed E-state index contributed by atoms with van der Waals surface area (Å²) in [5, 5.41) is 0. The van der Waals surface area contributed by atoms with E-state index in [-0.39, 0.29) is 19.9 Å². The number of benzene rings is 2. The third-order valence-electron chi connectivity index (χ3n) is 3.52. The molecule has 0 spiro atoms. The third kappa shape index (κ3) is 3.88. The van der Waals surface area contributed by atoms with E-state index in [9.17, 15) is 26.4 Å². The van der Waals surface area contributed by atoms with Gasteiger partial charge in [0.2, 0.25) is 4.80 Å². The molecule has 3 rings (SSSR count). The maximum Gasteiger partial charge on any atom is 0.325 e. The van der Waals surface area contributed by atoms with Crippen LogP contribution in [-0.4, -0.2) is 26.1 Å². The number of halogens is 3. The first-order valence-electron chi connectivity index (χ1n) is 7.33. The number of carbonyl (C=O) groups is 1. The SMILES string of the molecule is COC(=O)Cn1/c(=N/S(=O)(=O)c2ccc(F)cc2)sc2cc(F)cc(F)c21. The van der Waals surface area contributed by atoms with E-state index in [2.05, 4.69) is 9.13 Å². The van der Waals surface area contributed by atoms with Crippen molar-refractivity contribution in [3.63, 3.8) is 0 Å². The summed E-state index contributed by atoms with van der Waals surface area (Å²) >= 11 is 0.685. The first kappa shape index (κ1) is 19.1. The third-order valence-corrected chi connectivity index (χ3v) is 5.94. The van der Waals surface area contributed by atoms with Crippen molar-refractivity contribution in [2.45, 2.75) is 11.4 Å². The highest BCUT2D eigenvalue weighted by Crippen LogP contribution is 2.23. The minimum atomic E-state index is -4.29. The zero-order chi connectivity index (χ0) is 19.8. The van der Waals surface area contributed by atoms with Crippen molar-refractivity contribution in [1.29, 1.82) is 0 Å². The summed E-state index contributed by atoms with van der Waals surface area (Å²) in [5.41, 5.74) is -0.181. The number of aromatic nitrogens is 1. The van der Waals surface area contributed by atoms with Crippen LogP contribution in [-0.2, 0) is 26.1 Å². The predicted octanol–water partition coefficient (Wildman–Crippen LogP) is 2.58. The van der Waals surface area contributed by atoms with E-state index in [1.54, 1.807) is 0 Å². The zero-order valence-electron chi connectivity index (χ0n) is 13.6. The molecule has 0 saturated heterocycles. The Kier molecular flexibility index (Phi) is 5.07. The maximum absolute atomic E-state index is 14.2. The second-order valence-electron chi connectivity index (χ2n) is 5.30. The number of hydrogen-bond donors (Lipinski definition) is 0. The van der Waals surface area contributed by atoms with Gasteiger partial charge in [0, 0.05) is 6.07 Å². The van der Waals surface area contributed by atoms with Crippen molar-refractivity contribution in [2.24, 2.45) is 4.40 Å². The van der Waals surface area contributed by atoms with Crippen molar-refractivity contribution in [3.8, 4) is 0 Å². The first-order chi connectivity index (χ1) is 12.7. The van der Waals surface area contributed by atoms with Crippen LogP contribution in [0, 0.1) is 17.5 Å². The van der Waals surface area contributed by atoms with E-state index in [1.807, 2.05) is 0 Å². The van der Waals surface area contributed by atoms with Crippen molar-refractivity contribution in [3.05, 3.63) is 58.7 Å². The average Bonchev–Trinajstić information content (AvgIpc) is 2.91. The summed E-state index contributed by atoms with van der Waals surface area (Å²) < 4.78 is 74.9. The molecular weight excluding hydrogens is 405 g/mol. The number of carbonyl (C=O) groups excluding carboxylic acids is 1. The van der Waals surface area contributed by atoms with Gasteiger partial charge in [0.25, 0.3) is 10.0 Å². The molecule has 0 atom stereocenters. The molecule has 3 aromatic rings. The first-order valence-corrected chi connectivity index (χ1v) is 9.58. The van der Waals surface area contributed by atoms with Crippen LogP contribution in [0.4, 0.5) is 13.2 Å². The number of rotatable bonds is 4. The average molecular weight is 416 g/mol. The zero-order valence-corrected chi connectivity index (χ0v) is 15.3. The van der Waals surface area contributed by atoms with E-state index < -0.39 is 40.0 Å². The van der Waals surface area contributed by atoms with Gasteiger partial charge in [-0.2, -0.15) is 8.42 Å². The van der Waals surface area contributed by atoms with Crippen molar-refractivity contribution in [1.82, 2.24) is 4.57 Å². The molecule has 0 aliphatic carbocycles. The summed E-state index contributed by atoms with van der Waals surface area (Å²) in [6.45, 7) is -0.531. The Bertz CT molecular complexity index is 1200. The molecule has 0 aliphatic heterocycles. The Hall–Kier alpha value is -2.66. The second kappa shape index (κ2) is 7.16. The Morgan fingerprint density at radius 2 is 1.81 bits per heavy atom. The number of sulfonamides is 1. The summed E-state index contributed by atoms with van der Waals surface area (Å²) in [6, 6.07) is 5.55. The molecule has 0 fully saturated rings. The molecule has 0 saturated carbocycles. The molecule has 27 heavy (non-hydrogen) atoms. The molecule has 0 amide bonds. The Balaban J connectivity index is 2.27. The molecule has 0 unspecified atom stereocenters. The van der Waals surface area contributed by atoms with Crippen LogP contribution in [0.25, 0.3) is 10.2 Å². The normalized spacial score (nSPS) is 12.5. The second-order valence-corrected chi connectivity index (χ2v) is 7.91. The molecule has 0 aliphatic rings. The molecule has 1 aromatic heterocycles. The summed E-state index contributed by atoms with van der Waals surface area (Å²) in [7, 11) is -3.18. The van der Waals surface area contributed by atoms with Gasteiger partial charge in [0.05, 0.1) is 22.2 Å². The van der Waals surface area contributed by atoms with Crippen LogP contribution >= 0.6 is 11.3 Å². The largest absolute Gasteiger partial charge is 0.468 e. The van der Waals surface area contributed by atoms with Crippen LogP contribution < -0.4 is 4.80 Å². The van der Waals surface area contributed by atoms with Gasteiger partial charge in [-0.3, -0.25) is 4.79 Å². The smallest absolute Gasteiger partial charge is 0.325 e. The number of thiazole rings is 1. The fourth-order valence-electron chi connectivity index (χ4n) is 2.30. The van der Waals surface area contributed by atoms with E-state index in [1.165, 1.54) is 0 Å². The highest BCUT2D eigenvalue weighted by molar-refractivity contribution is 7.90. The molecular formula is C16H11F3N2O4S2. The number of fused-ring (bicyclic) bond motifs is 1. The maximum atomic E-state index is 14.2. The number of nitrogens with zero attached hydrogens (tertiary/aromatic N) is 2. The molecule has 2 aromatic carbocycles. The van der Waals surface area contributed by atoms with E-state index in [0.29, 0.717) is 17.4 Å². The predicted molar refractivity (Wildman–Crippen MR) is 90.9 cm³/mol. The van der Waals surface area contributed by atoms with Crippen molar-refractivity contribution >= 4 is 37.5 Å². The molecule has 6 nitrogen and oxygen atoms in total. The van der Waals surface area contributed by atoms with Gasteiger partial charge in [0.1, 0.15) is 18.2 Å². The summed E-state index contributed by atoms with van der Waals surface area (Å²) in [4.78, 5) is 11.1. The number of hydrogen-bond acceptors (Lipinski definition) is 5. The standard InChI is InChI=1S/C16H11F3N2O4S2/c1-25-14(22)8-21-15-12(19)6-10(18)7-13(15)26-16(21)20-27(23,24)11-4-2-9(17)3-5-11/h2-7H,8H2,1H3/b20-16-. The summed E-state index contributed by atoms with van der Waals surface area (Å²) in [6.07, 6.45) is 0. The van der Waals surface area contributed by atoms with E-state index in [0.717, 1.165) is 42.0 Å². The highest BCUT2D eigenvalue weighted by atomic mass is 32.2. The topological polar surface area (TPSA) is 77.7 Å². The van der Waals surface area contributed by atoms with E-state index in [4.69, 9.17) is 0 Å². The molecule has 0 radical (unpaired) electrons. The van der Waals surface area contributed by atoms with Crippen LogP contribution in [0.3, 0.4) is 0 Å². The van der Waals surface area contributed by atoms with Gasteiger partial charge in [-0.25, -0.2) is 13.2 Å². The van der Waals surface area contributed by atoms with Gasteiger partial charge in [-0.15, -0.1) is 4.40 Å². The minimum Gasteiger partial charge on any atom is -0.468 e.